The summed E-state index contributed by atoms with van der Waals surface area (Å²) in [6.07, 6.45) is 3.39. The summed E-state index contributed by atoms with van der Waals surface area (Å²) in [4.78, 5) is 13.5. The normalized spacial score (nSPS) is 12.4. The molecule has 0 aliphatic rings. The van der Waals surface area contributed by atoms with Crippen molar-refractivity contribution in [3.63, 3.8) is 0 Å². The molecule has 1 unspecified atom stereocenters. The van der Waals surface area contributed by atoms with Crippen LogP contribution >= 0.6 is 38.9 Å². The number of aromatic nitrogens is 3. The van der Waals surface area contributed by atoms with Gasteiger partial charge >= 0.3 is 0 Å². The van der Waals surface area contributed by atoms with Crippen molar-refractivity contribution in [3.05, 3.63) is 62.8 Å². The van der Waals surface area contributed by atoms with Gasteiger partial charge in [0.1, 0.15) is 16.5 Å². The number of halogens is 3. The fraction of sp³-hybridized carbons (Fsp3) is 0.133. The second-order valence-electron chi connectivity index (χ2n) is 4.67. The van der Waals surface area contributed by atoms with Gasteiger partial charge in [-0.2, -0.15) is 0 Å². The van der Waals surface area contributed by atoms with Gasteiger partial charge in [0, 0.05) is 18.3 Å². The van der Waals surface area contributed by atoms with Crippen LogP contribution in [0.4, 0.5) is 4.39 Å². The molecule has 1 aromatic carbocycles. The van der Waals surface area contributed by atoms with Gasteiger partial charge < -0.3 is 0 Å². The minimum absolute atomic E-state index is 0.0791. The number of rotatable bonds is 3. The van der Waals surface area contributed by atoms with E-state index in [0.717, 1.165) is 25.6 Å². The molecule has 22 heavy (non-hydrogen) atoms. The lowest BCUT2D eigenvalue weighted by Crippen LogP contribution is -1.94. The van der Waals surface area contributed by atoms with Gasteiger partial charge in [-0.1, -0.05) is 19.1 Å². The molecule has 0 radical (unpaired) electrons. The summed E-state index contributed by atoms with van der Waals surface area (Å²) in [6, 6.07) is 6.47. The van der Waals surface area contributed by atoms with E-state index in [1.165, 1.54) is 23.5 Å². The maximum absolute atomic E-state index is 13.0. The molecule has 112 valence electrons. The van der Waals surface area contributed by atoms with E-state index in [9.17, 15) is 4.39 Å². The number of hydrogen-bond donors (Lipinski definition) is 0. The molecule has 2 aromatic heterocycles. The molecule has 1 atom stereocenters. The largest absolute Gasteiger partial charge is 0.248 e. The van der Waals surface area contributed by atoms with Crippen molar-refractivity contribution in [2.24, 2.45) is 0 Å². The van der Waals surface area contributed by atoms with Crippen molar-refractivity contribution in [2.45, 2.75) is 12.8 Å². The van der Waals surface area contributed by atoms with E-state index in [1.54, 1.807) is 24.5 Å². The molecule has 3 rings (SSSR count). The Morgan fingerprint density at radius 1 is 1.18 bits per heavy atom. The van der Waals surface area contributed by atoms with Crippen LogP contribution in [0.3, 0.4) is 0 Å². The van der Waals surface area contributed by atoms with Gasteiger partial charge in [-0.25, -0.2) is 19.3 Å². The van der Waals surface area contributed by atoms with E-state index >= 15 is 0 Å². The monoisotopic (exact) mass is 397 g/mol. The Balaban J connectivity index is 1.93. The van der Waals surface area contributed by atoms with Gasteiger partial charge in [-0.05, 0) is 45.2 Å². The third-order valence-corrected chi connectivity index (χ3v) is 5.16. The second-order valence-corrected chi connectivity index (χ2v) is 6.93. The predicted octanol–water partition coefficient (Wildman–Crippen LogP) is 5.31. The molecule has 0 aliphatic carbocycles. The molecule has 7 heteroatoms. The average Bonchev–Trinajstić information content (AvgIpc) is 2.99. The SMILES string of the molecule is CC(c1ccc(F)cc1)c1ncc(-c2nc(Cl)ncc2Br)s1. The van der Waals surface area contributed by atoms with Gasteiger partial charge in [0.15, 0.2) is 0 Å². The van der Waals surface area contributed by atoms with Gasteiger partial charge in [0.25, 0.3) is 0 Å². The second kappa shape index (κ2) is 6.40. The summed E-state index contributed by atoms with van der Waals surface area (Å²) in [5.41, 5.74) is 1.73. The first-order valence-electron chi connectivity index (χ1n) is 6.44. The molecule has 0 bridgehead atoms. The van der Waals surface area contributed by atoms with Crippen molar-refractivity contribution in [1.29, 1.82) is 0 Å². The molecule has 0 spiro atoms. The Hall–Kier alpha value is -1.37. The van der Waals surface area contributed by atoms with Crippen LogP contribution < -0.4 is 0 Å². The highest BCUT2D eigenvalue weighted by Crippen LogP contribution is 2.35. The number of benzene rings is 1. The predicted molar refractivity (Wildman–Crippen MR) is 89.8 cm³/mol. The number of thiazole rings is 1. The molecular weight excluding hydrogens is 389 g/mol. The Kier molecular flexibility index (Phi) is 4.52. The maximum atomic E-state index is 13.0. The minimum Gasteiger partial charge on any atom is -0.248 e. The molecule has 2 heterocycles. The van der Waals surface area contributed by atoms with Crippen molar-refractivity contribution < 1.29 is 4.39 Å². The molecule has 0 saturated heterocycles. The van der Waals surface area contributed by atoms with Crippen molar-refractivity contribution in [3.8, 4) is 10.6 Å². The lowest BCUT2D eigenvalue weighted by atomic mass is 10.0. The van der Waals surface area contributed by atoms with Crippen LogP contribution in [-0.2, 0) is 0 Å². The lowest BCUT2D eigenvalue weighted by molar-refractivity contribution is 0.626. The average molecular weight is 399 g/mol. The first-order valence-corrected chi connectivity index (χ1v) is 8.43. The molecule has 3 aromatic rings. The Bertz CT molecular complexity index is 807. The highest BCUT2D eigenvalue weighted by molar-refractivity contribution is 9.10. The third kappa shape index (κ3) is 3.19. The van der Waals surface area contributed by atoms with Crippen LogP contribution in [-0.4, -0.2) is 15.0 Å². The van der Waals surface area contributed by atoms with Crippen LogP contribution in [0.2, 0.25) is 5.28 Å². The van der Waals surface area contributed by atoms with Crippen LogP contribution in [0.15, 0.2) is 41.1 Å². The fourth-order valence-electron chi connectivity index (χ4n) is 2.01. The Morgan fingerprint density at radius 3 is 2.64 bits per heavy atom. The highest BCUT2D eigenvalue weighted by Gasteiger charge is 2.16. The van der Waals surface area contributed by atoms with Crippen LogP contribution in [0, 0.1) is 5.82 Å². The zero-order valence-corrected chi connectivity index (χ0v) is 14.6. The molecule has 0 amide bonds. The molecular formula is C15H10BrClFN3S. The summed E-state index contributed by atoms with van der Waals surface area (Å²) >= 11 is 10.8. The first kappa shape index (κ1) is 15.5. The zero-order chi connectivity index (χ0) is 15.7. The van der Waals surface area contributed by atoms with E-state index in [4.69, 9.17) is 11.6 Å². The highest BCUT2D eigenvalue weighted by atomic mass is 79.9. The molecule has 0 fully saturated rings. The minimum atomic E-state index is -0.240. The summed E-state index contributed by atoms with van der Waals surface area (Å²) < 4.78 is 13.8. The summed E-state index contributed by atoms with van der Waals surface area (Å²) in [6.45, 7) is 2.04. The quantitative estimate of drug-likeness (QED) is 0.561. The Labute approximate surface area is 144 Å². The molecule has 0 N–H and O–H groups in total. The van der Waals surface area contributed by atoms with Gasteiger partial charge in [0.05, 0.1) is 9.35 Å². The number of nitrogens with zero attached hydrogens (tertiary/aromatic N) is 3. The van der Waals surface area contributed by atoms with Gasteiger partial charge in [-0.15, -0.1) is 11.3 Å². The Morgan fingerprint density at radius 2 is 1.91 bits per heavy atom. The van der Waals surface area contributed by atoms with E-state index in [2.05, 4.69) is 30.9 Å². The van der Waals surface area contributed by atoms with E-state index < -0.39 is 0 Å². The fourth-order valence-corrected chi connectivity index (χ4v) is 3.68. The zero-order valence-electron chi connectivity index (χ0n) is 11.4. The van der Waals surface area contributed by atoms with Gasteiger partial charge in [-0.3, -0.25) is 0 Å². The molecule has 0 aliphatic heterocycles. The van der Waals surface area contributed by atoms with E-state index in [0.29, 0.717) is 0 Å². The third-order valence-electron chi connectivity index (χ3n) is 3.21. The van der Waals surface area contributed by atoms with Gasteiger partial charge in [0.2, 0.25) is 5.28 Å². The van der Waals surface area contributed by atoms with Crippen LogP contribution in [0.25, 0.3) is 10.6 Å². The van der Waals surface area contributed by atoms with Crippen molar-refractivity contribution in [2.75, 3.05) is 0 Å². The lowest BCUT2D eigenvalue weighted by Gasteiger charge is -2.08. The number of hydrogen-bond acceptors (Lipinski definition) is 4. The van der Waals surface area contributed by atoms with Crippen molar-refractivity contribution >= 4 is 38.9 Å². The molecule has 3 nitrogen and oxygen atoms in total. The first-order chi connectivity index (χ1) is 10.5. The topological polar surface area (TPSA) is 38.7 Å². The smallest absolute Gasteiger partial charge is 0.222 e. The maximum Gasteiger partial charge on any atom is 0.222 e. The summed E-state index contributed by atoms with van der Waals surface area (Å²) in [7, 11) is 0. The van der Waals surface area contributed by atoms with Crippen molar-refractivity contribution in [1.82, 2.24) is 15.0 Å². The van der Waals surface area contributed by atoms with E-state index in [-0.39, 0.29) is 17.0 Å². The standard InChI is InChI=1S/C15H10BrClFN3S/c1-8(9-2-4-10(18)5-3-9)14-19-7-12(22-14)13-11(16)6-20-15(17)21-13/h2-8H,1H3. The van der Waals surface area contributed by atoms with E-state index in [1.807, 2.05) is 6.92 Å². The molecule has 0 saturated carbocycles. The van der Waals surface area contributed by atoms with Crippen LogP contribution in [0.5, 0.6) is 0 Å². The summed E-state index contributed by atoms with van der Waals surface area (Å²) in [5.74, 6) is -0.161. The summed E-state index contributed by atoms with van der Waals surface area (Å²) in [5, 5.41) is 1.13. The van der Waals surface area contributed by atoms with Crippen LogP contribution in [0.1, 0.15) is 23.4 Å².